The van der Waals surface area contributed by atoms with E-state index in [2.05, 4.69) is 63.0 Å². The zero-order valence-electron chi connectivity index (χ0n) is 19.7. The van der Waals surface area contributed by atoms with Gasteiger partial charge in [-0.1, -0.05) is 48.5 Å². The molecule has 178 valence electrons. The van der Waals surface area contributed by atoms with Crippen LogP contribution in [0.2, 0.25) is 0 Å². The van der Waals surface area contributed by atoms with Gasteiger partial charge >= 0.3 is 0 Å². The number of aromatic nitrogens is 2. The van der Waals surface area contributed by atoms with Gasteiger partial charge in [0, 0.05) is 41.6 Å². The van der Waals surface area contributed by atoms with Gasteiger partial charge in [-0.3, -0.25) is 9.69 Å². The van der Waals surface area contributed by atoms with Crippen molar-refractivity contribution in [2.24, 2.45) is 0 Å². The fourth-order valence-corrected chi connectivity index (χ4v) is 5.10. The molecule has 0 aliphatic rings. The topological polar surface area (TPSA) is 74.2 Å². The van der Waals surface area contributed by atoms with Gasteiger partial charge in [0.15, 0.2) is 5.69 Å². The maximum absolute atomic E-state index is 12.6. The number of amides is 1. The highest BCUT2D eigenvalue weighted by molar-refractivity contribution is 7.10. The summed E-state index contributed by atoms with van der Waals surface area (Å²) in [5.74, 6) is 0.311. The van der Waals surface area contributed by atoms with Crippen LogP contribution in [0.15, 0.2) is 82.9 Å². The molecule has 0 unspecified atom stereocenters. The summed E-state index contributed by atoms with van der Waals surface area (Å²) in [4.78, 5) is 24.1. The van der Waals surface area contributed by atoms with Gasteiger partial charge in [0.25, 0.3) is 5.91 Å². The Morgan fingerprint density at radius 3 is 2.74 bits per heavy atom. The highest BCUT2D eigenvalue weighted by Gasteiger charge is 2.17. The van der Waals surface area contributed by atoms with Gasteiger partial charge in [-0.25, -0.2) is 4.98 Å². The average Bonchev–Trinajstić information content (AvgIpc) is 3.62. The number of hydrogen-bond donors (Lipinski definition) is 2. The normalized spacial score (nSPS) is 11.4. The lowest BCUT2D eigenvalue weighted by atomic mass is 10.1. The van der Waals surface area contributed by atoms with Crippen molar-refractivity contribution in [1.82, 2.24) is 20.2 Å². The summed E-state index contributed by atoms with van der Waals surface area (Å²) in [5, 5.41) is 6.30. The van der Waals surface area contributed by atoms with E-state index in [-0.39, 0.29) is 5.91 Å². The Bertz CT molecular complexity index is 1400. The van der Waals surface area contributed by atoms with E-state index in [0.29, 0.717) is 24.7 Å². The molecule has 0 aliphatic heterocycles. The smallest absolute Gasteiger partial charge is 0.273 e. The third-order valence-electron chi connectivity index (χ3n) is 6.15. The number of thiophene rings is 1. The van der Waals surface area contributed by atoms with E-state index in [4.69, 9.17) is 4.42 Å². The van der Waals surface area contributed by atoms with Crippen molar-refractivity contribution in [3.63, 3.8) is 0 Å². The van der Waals surface area contributed by atoms with Crippen LogP contribution in [0.5, 0.6) is 0 Å². The Labute approximate surface area is 208 Å². The number of fused-ring (bicyclic) bond motifs is 1. The first-order valence-electron chi connectivity index (χ1n) is 11.7. The molecule has 0 aliphatic carbocycles. The molecule has 7 heteroatoms. The number of nitrogens with one attached hydrogen (secondary N) is 2. The molecule has 2 aromatic carbocycles. The molecule has 6 nitrogen and oxygen atoms in total. The lowest BCUT2D eigenvalue weighted by Gasteiger charge is -2.20. The summed E-state index contributed by atoms with van der Waals surface area (Å²) < 4.78 is 5.71. The third kappa shape index (κ3) is 5.70. The zero-order chi connectivity index (χ0) is 24.0. The molecule has 0 fully saturated rings. The van der Waals surface area contributed by atoms with E-state index in [9.17, 15) is 4.79 Å². The van der Waals surface area contributed by atoms with Crippen molar-refractivity contribution < 1.29 is 9.21 Å². The summed E-state index contributed by atoms with van der Waals surface area (Å²) in [6.07, 6.45) is 4.45. The second kappa shape index (κ2) is 10.7. The Morgan fingerprint density at radius 2 is 1.91 bits per heavy atom. The van der Waals surface area contributed by atoms with Crippen molar-refractivity contribution in [3.8, 4) is 0 Å². The first kappa shape index (κ1) is 23.1. The number of rotatable bonds is 10. The van der Waals surface area contributed by atoms with Gasteiger partial charge in [-0.15, -0.1) is 11.3 Å². The number of aryl methyl sites for hydroxylation is 1. The van der Waals surface area contributed by atoms with E-state index in [1.165, 1.54) is 27.7 Å². The van der Waals surface area contributed by atoms with Crippen LogP contribution in [0.25, 0.3) is 10.9 Å². The summed E-state index contributed by atoms with van der Waals surface area (Å²) in [6, 6.07) is 20.3. The van der Waals surface area contributed by atoms with Gasteiger partial charge in [0.05, 0.1) is 6.54 Å². The number of para-hydroxylation sites is 1. The van der Waals surface area contributed by atoms with Crippen LogP contribution in [-0.4, -0.2) is 27.3 Å². The first-order valence-corrected chi connectivity index (χ1v) is 12.6. The van der Waals surface area contributed by atoms with Gasteiger partial charge in [0.2, 0.25) is 5.89 Å². The van der Waals surface area contributed by atoms with Crippen LogP contribution in [0.3, 0.4) is 0 Å². The van der Waals surface area contributed by atoms with Crippen LogP contribution in [0.1, 0.15) is 37.9 Å². The van der Waals surface area contributed by atoms with Gasteiger partial charge < -0.3 is 14.7 Å². The van der Waals surface area contributed by atoms with E-state index >= 15 is 0 Å². The maximum atomic E-state index is 12.6. The van der Waals surface area contributed by atoms with E-state index in [1.807, 2.05) is 36.4 Å². The van der Waals surface area contributed by atoms with Gasteiger partial charge in [-0.2, -0.15) is 0 Å². The minimum atomic E-state index is -0.233. The van der Waals surface area contributed by atoms with E-state index in [0.717, 1.165) is 30.6 Å². The minimum absolute atomic E-state index is 0.233. The van der Waals surface area contributed by atoms with Crippen LogP contribution < -0.4 is 5.32 Å². The minimum Gasteiger partial charge on any atom is -0.447 e. The maximum Gasteiger partial charge on any atom is 0.273 e. The average molecular weight is 485 g/mol. The molecule has 0 spiro atoms. The zero-order valence-corrected chi connectivity index (χ0v) is 20.5. The predicted octanol–water partition coefficient (Wildman–Crippen LogP) is 5.70. The number of nitrogens with zero attached hydrogens (tertiary/aromatic N) is 2. The standard InChI is InChI=1S/C28H28N4O2S/c1-20-12-14-35-26(20)17-32(13-11-22-16-29-24-10-6-5-9-23(22)24)18-27-31-25(19-34-27)28(33)30-15-21-7-3-2-4-8-21/h2-10,12,14,16,19,29H,11,13,15,17-18H2,1H3,(H,30,33). The Hall–Kier alpha value is -3.68. The largest absolute Gasteiger partial charge is 0.447 e. The summed E-state index contributed by atoms with van der Waals surface area (Å²) >= 11 is 1.77. The number of benzene rings is 2. The highest BCUT2D eigenvalue weighted by atomic mass is 32.1. The number of aromatic amines is 1. The van der Waals surface area contributed by atoms with E-state index in [1.54, 1.807) is 11.3 Å². The fourth-order valence-electron chi connectivity index (χ4n) is 4.15. The summed E-state index contributed by atoms with van der Waals surface area (Å²) in [7, 11) is 0. The molecule has 3 heterocycles. The van der Waals surface area contributed by atoms with E-state index < -0.39 is 0 Å². The van der Waals surface area contributed by atoms with Crippen LogP contribution in [0, 0.1) is 6.92 Å². The molecule has 0 saturated heterocycles. The molecular weight excluding hydrogens is 456 g/mol. The second-order valence-electron chi connectivity index (χ2n) is 8.64. The van der Waals surface area contributed by atoms with Crippen molar-refractivity contribution >= 4 is 28.1 Å². The second-order valence-corrected chi connectivity index (χ2v) is 9.64. The van der Waals surface area contributed by atoms with Crippen molar-refractivity contribution in [3.05, 3.63) is 112 Å². The van der Waals surface area contributed by atoms with Crippen molar-refractivity contribution in [1.29, 1.82) is 0 Å². The lowest BCUT2D eigenvalue weighted by molar-refractivity contribution is 0.0945. The molecule has 0 bridgehead atoms. The molecule has 5 rings (SSSR count). The molecule has 0 atom stereocenters. The Balaban J connectivity index is 1.26. The summed E-state index contributed by atoms with van der Waals surface area (Å²) in [5.41, 5.74) is 5.09. The van der Waals surface area contributed by atoms with Crippen molar-refractivity contribution in [2.75, 3.05) is 6.54 Å². The molecule has 35 heavy (non-hydrogen) atoms. The monoisotopic (exact) mass is 484 g/mol. The Morgan fingerprint density at radius 1 is 1.09 bits per heavy atom. The SMILES string of the molecule is Cc1ccsc1CN(CCc1c[nH]c2ccccc12)Cc1nc(C(=O)NCc2ccccc2)co1. The quantitative estimate of drug-likeness (QED) is 0.267. The highest BCUT2D eigenvalue weighted by Crippen LogP contribution is 2.22. The van der Waals surface area contributed by atoms with Crippen molar-refractivity contribution in [2.45, 2.75) is 33.0 Å². The molecule has 0 radical (unpaired) electrons. The number of carbonyl (C=O) groups excluding carboxylic acids is 1. The van der Waals surface area contributed by atoms with Crippen LogP contribution in [-0.2, 0) is 26.1 Å². The summed E-state index contributed by atoms with van der Waals surface area (Å²) in [6.45, 7) is 4.78. The van der Waals surface area contributed by atoms with Crippen LogP contribution >= 0.6 is 11.3 Å². The number of H-pyrrole nitrogens is 1. The molecule has 1 amide bonds. The molecule has 2 N–H and O–H groups in total. The van der Waals surface area contributed by atoms with Gasteiger partial charge in [0.1, 0.15) is 6.26 Å². The number of hydrogen-bond acceptors (Lipinski definition) is 5. The molecule has 5 aromatic rings. The molecule has 3 aromatic heterocycles. The molecule has 0 saturated carbocycles. The first-order chi connectivity index (χ1) is 17.2. The number of carbonyl (C=O) groups is 1. The van der Waals surface area contributed by atoms with Crippen LogP contribution in [0.4, 0.5) is 0 Å². The predicted molar refractivity (Wildman–Crippen MR) is 139 cm³/mol. The lowest BCUT2D eigenvalue weighted by Crippen LogP contribution is -2.26. The third-order valence-corrected chi connectivity index (χ3v) is 7.15. The fraction of sp³-hybridized carbons (Fsp3) is 0.214. The van der Waals surface area contributed by atoms with Gasteiger partial charge in [-0.05, 0) is 47.5 Å². The number of oxazole rings is 1. The Kier molecular flexibility index (Phi) is 7.07. The molecular formula is C28H28N4O2S.